The zero-order valence-electron chi connectivity index (χ0n) is 8.86. The third-order valence-corrected chi connectivity index (χ3v) is 6.23. The van der Waals surface area contributed by atoms with Crippen molar-refractivity contribution < 1.29 is 0 Å². The van der Waals surface area contributed by atoms with Crippen molar-refractivity contribution in [1.29, 1.82) is 0 Å². The minimum absolute atomic E-state index is 0.413. The molecule has 0 heterocycles. The number of hydrogen-bond acceptors (Lipinski definition) is 2. The first-order valence-electron chi connectivity index (χ1n) is 4.93. The highest BCUT2D eigenvalue weighted by atomic mass is 32.3. The Bertz CT molecular complexity index is 150. The SMILES string of the molecule is CS(C)(C)C1C[C@@H](S)CC[C@H](S)C1. The highest BCUT2D eigenvalue weighted by Gasteiger charge is 2.27. The van der Waals surface area contributed by atoms with E-state index in [4.69, 9.17) is 0 Å². The van der Waals surface area contributed by atoms with E-state index in [0.717, 1.165) is 5.25 Å². The summed E-state index contributed by atoms with van der Waals surface area (Å²) in [6.07, 6.45) is 12.4. The van der Waals surface area contributed by atoms with E-state index < -0.39 is 10.0 Å². The van der Waals surface area contributed by atoms with E-state index in [-0.39, 0.29) is 0 Å². The first kappa shape index (κ1) is 12.1. The summed E-state index contributed by atoms with van der Waals surface area (Å²) in [5.41, 5.74) is 0. The van der Waals surface area contributed by atoms with Gasteiger partial charge in [-0.1, -0.05) is 0 Å². The van der Waals surface area contributed by atoms with Crippen molar-refractivity contribution in [2.24, 2.45) is 0 Å². The Morgan fingerprint density at radius 1 is 0.923 bits per heavy atom. The zero-order valence-corrected chi connectivity index (χ0v) is 11.5. The summed E-state index contributed by atoms with van der Waals surface area (Å²) in [6.45, 7) is 0. The molecule has 80 valence electrons. The van der Waals surface area contributed by atoms with E-state index >= 15 is 0 Å². The van der Waals surface area contributed by atoms with Crippen LogP contribution in [-0.2, 0) is 0 Å². The van der Waals surface area contributed by atoms with Crippen LogP contribution in [0, 0.1) is 0 Å². The molecule has 0 unspecified atom stereocenters. The molecule has 0 nitrogen and oxygen atoms in total. The summed E-state index contributed by atoms with van der Waals surface area (Å²) >= 11 is 9.28. The molecular weight excluding hydrogens is 216 g/mol. The molecule has 0 aromatic rings. The third kappa shape index (κ3) is 3.96. The molecule has 13 heavy (non-hydrogen) atoms. The standard InChI is InChI=1S/C10H22S3/c1-13(2,3)10-6-8(11)4-5-9(12)7-10/h8-12H,4-7H2,1-3H3/t8-,9-/m0/s1. The monoisotopic (exact) mass is 238 g/mol. The van der Waals surface area contributed by atoms with Gasteiger partial charge >= 0.3 is 0 Å². The second-order valence-corrected chi connectivity index (χ2v) is 10.9. The van der Waals surface area contributed by atoms with E-state index in [1.54, 1.807) is 0 Å². The Hall–Kier alpha value is 1.05. The Labute approximate surface area is 95.4 Å². The second-order valence-electron chi connectivity index (χ2n) is 4.91. The molecule has 1 rings (SSSR count). The van der Waals surface area contributed by atoms with Gasteiger partial charge in [-0.25, -0.2) is 10.0 Å². The molecule has 2 atom stereocenters. The van der Waals surface area contributed by atoms with Gasteiger partial charge in [0.2, 0.25) is 0 Å². The van der Waals surface area contributed by atoms with Crippen LogP contribution >= 0.6 is 35.3 Å². The Morgan fingerprint density at radius 3 is 1.62 bits per heavy atom. The number of hydrogen-bond donors (Lipinski definition) is 2. The number of thiol groups is 2. The summed E-state index contributed by atoms with van der Waals surface area (Å²) in [5, 5.41) is 2.11. The van der Waals surface area contributed by atoms with E-state index in [0.29, 0.717) is 10.5 Å². The Balaban J connectivity index is 2.62. The van der Waals surface area contributed by atoms with Crippen molar-refractivity contribution in [3.8, 4) is 0 Å². The maximum absolute atomic E-state index is 4.64. The molecule has 0 aromatic heterocycles. The van der Waals surface area contributed by atoms with Crippen LogP contribution in [-0.4, -0.2) is 34.5 Å². The molecular formula is C10H22S3. The van der Waals surface area contributed by atoms with E-state index in [1.165, 1.54) is 25.7 Å². The normalized spacial score (nSPS) is 34.2. The fourth-order valence-electron chi connectivity index (χ4n) is 1.90. The average molecular weight is 238 g/mol. The van der Waals surface area contributed by atoms with Crippen LogP contribution in [0.3, 0.4) is 0 Å². The third-order valence-electron chi connectivity index (χ3n) is 2.90. The molecule has 3 heteroatoms. The highest BCUT2D eigenvalue weighted by Crippen LogP contribution is 2.48. The molecule has 0 radical (unpaired) electrons. The van der Waals surface area contributed by atoms with Crippen LogP contribution in [0.1, 0.15) is 25.7 Å². The summed E-state index contributed by atoms with van der Waals surface area (Å²) in [5.74, 6) is 0. The van der Waals surface area contributed by atoms with E-state index in [2.05, 4.69) is 44.0 Å². The maximum Gasteiger partial charge on any atom is 0.00271 e. The van der Waals surface area contributed by atoms with E-state index in [1.807, 2.05) is 0 Å². The quantitative estimate of drug-likeness (QED) is 0.509. The van der Waals surface area contributed by atoms with Gasteiger partial charge in [-0.05, 0) is 49.7 Å². The maximum atomic E-state index is 4.64. The van der Waals surface area contributed by atoms with Gasteiger partial charge in [0.25, 0.3) is 0 Å². The Kier molecular flexibility index (Phi) is 4.39. The molecule has 0 spiro atoms. The highest BCUT2D eigenvalue weighted by molar-refractivity contribution is 8.32. The molecule has 1 saturated carbocycles. The summed E-state index contributed by atoms with van der Waals surface area (Å²) in [6, 6.07) is 0. The lowest BCUT2D eigenvalue weighted by Crippen LogP contribution is -2.20. The topological polar surface area (TPSA) is 0 Å². The lowest BCUT2D eigenvalue weighted by Gasteiger charge is -2.37. The molecule has 0 aromatic carbocycles. The fraction of sp³-hybridized carbons (Fsp3) is 1.00. The smallest absolute Gasteiger partial charge is 0.00271 e. The Morgan fingerprint density at radius 2 is 1.31 bits per heavy atom. The van der Waals surface area contributed by atoms with Gasteiger partial charge in [0, 0.05) is 10.5 Å². The van der Waals surface area contributed by atoms with Crippen LogP contribution < -0.4 is 0 Å². The van der Waals surface area contributed by atoms with Crippen molar-refractivity contribution in [2.45, 2.75) is 41.4 Å². The zero-order chi connectivity index (χ0) is 10.1. The summed E-state index contributed by atoms with van der Waals surface area (Å²) < 4.78 is 0. The van der Waals surface area contributed by atoms with Gasteiger partial charge in [0.1, 0.15) is 0 Å². The van der Waals surface area contributed by atoms with Crippen LogP contribution in [0.4, 0.5) is 0 Å². The minimum atomic E-state index is -0.413. The summed E-state index contributed by atoms with van der Waals surface area (Å²) in [4.78, 5) is 0. The molecule has 0 amide bonds. The van der Waals surface area contributed by atoms with Gasteiger partial charge in [0.05, 0.1) is 0 Å². The molecule has 1 fully saturated rings. The van der Waals surface area contributed by atoms with Gasteiger partial charge in [-0.15, -0.1) is 0 Å². The molecule has 1 aliphatic carbocycles. The van der Waals surface area contributed by atoms with Crippen LogP contribution in [0.25, 0.3) is 0 Å². The van der Waals surface area contributed by atoms with Crippen LogP contribution in [0.15, 0.2) is 0 Å². The minimum Gasteiger partial charge on any atom is -0.247 e. The van der Waals surface area contributed by atoms with Crippen molar-refractivity contribution in [3.63, 3.8) is 0 Å². The van der Waals surface area contributed by atoms with Gasteiger partial charge in [-0.2, -0.15) is 25.3 Å². The molecule has 0 aliphatic heterocycles. The predicted molar refractivity (Wildman–Crippen MR) is 73.2 cm³/mol. The fourth-order valence-corrected chi connectivity index (χ4v) is 4.61. The van der Waals surface area contributed by atoms with Crippen molar-refractivity contribution in [2.75, 3.05) is 18.8 Å². The van der Waals surface area contributed by atoms with Crippen molar-refractivity contribution in [1.82, 2.24) is 0 Å². The molecule has 0 bridgehead atoms. The lowest BCUT2D eigenvalue weighted by atomic mass is 10.2. The van der Waals surface area contributed by atoms with Gasteiger partial charge in [-0.3, -0.25) is 0 Å². The first-order chi connectivity index (χ1) is 5.89. The molecule has 0 N–H and O–H groups in total. The van der Waals surface area contributed by atoms with Gasteiger partial charge < -0.3 is 0 Å². The molecule has 0 saturated heterocycles. The van der Waals surface area contributed by atoms with Crippen molar-refractivity contribution in [3.05, 3.63) is 0 Å². The molecule has 1 aliphatic rings. The van der Waals surface area contributed by atoms with Crippen molar-refractivity contribution >= 4 is 35.3 Å². The number of rotatable bonds is 1. The first-order valence-corrected chi connectivity index (χ1v) is 8.88. The lowest BCUT2D eigenvalue weighted by molar-refractivity contribution is 0.730. The largest absolute Gasteiger partial charge is 0.247 e. The van der Waals surface area contributed by atoms with E-state index in [9.17, 15) is 0 Å². The average Bonchev–Trinajstić information content (AvgIpc) is 2.12. The summed E-state index contributed by atoms with van der Waals surface area (Å²) in [7, 11) is -0.413. The van der Waals surface area contributed by atoms with Crippen LogP contribution in [0.5, 0.6) is 0 Å². The second kappa shape index (κ2) is 4.71. The van der Waals surface area contributed by atoms with Gasteiger partial charge in [0.15, 0.2) is 0 Å². The predicted octanol–water partition coefficient (Wildman–Crippen LogP) is 3.22. The van der Waals surface area contributed by atoms with Crippen LogP contribution in [0.2, 0.25) is 0 Å².